The molecule has 0 heterocycles. The van der Waals surface area contributed by atoms with Crippen molar-refractivity contribution in [3.63, 3.8) is 0 Å². The van der Waals surface area contributed by atoms with Crippen molar-refractivity contribution in [2.75, 3.05) is 20.1 Å². The molecule has 1 saturated carbocycles. The first kappa shape index (κ1) is 16.0. The molecule has 1 N–H and O–H groups in total. The molecule has 20 heavy (non-hydrogen) atoms. The van der Waals surface area contributed by atoms with Gasteiger partial charge < -0.3 is 10.2 Å². The van der Waals surface area contributed by atoms with E-state index >= 15 is 0 Å². The molecule has 1 aromatic carbocycles. The van der Waals surface area contributed by atoms with E-state index in [0.717, 1.165) is 31.6 Å². The molecular formula is C17H27BrN2. The van der Waals surface area contributed by atoms with Crippen molar-refractivity contribution < 1.29 is 0 Å². The molecule has 112 valence electrons. The molecule has 0 aliphatic heterocycles. The number of likely N-dealkylation sites (N-methyl/N-ethyl adjacent to an activating group) is 1. The first-order chi connectivity index (χ1) is 9.66. The van der Waals surface area contributed by atoms with Crippen LogP contribution in [0, 0.1) is 5.92 Å². The summed E-state index contributed by atoms with van der Waals surface area (Å²) in [6.07, 6.45) is 5.57. The molecule has 1 fully saturated rings. The van der Waals surface area contributed by atoms with Gasteiger partial charge in [0.15, 0.2) is 0 Å². The van der Waals surface area contributed by atoms with Gasteiger partial charge in [0, 0.05) is 30.1 Å². The minimum Gasteiger partial charge on any atom is -0.312 e. The fourth-order valence-corrected chi connectivity index (χ4v) is 3.47. The molecule has 3 heteroatoms. The van der Waals surface area contributed by atoms with E-state index in [2.05, 4.69) is 64.4 Å². The van der Waals surface area contributed by atoms with E-state index in [1.54, 1.807) is 0 Å². The summed E-state index contributed by atoms with van der Waals surface area (Å²) in [5.74, 6) is 0.845. The number of benzene rings is 1. The molecule has 1 aliphatic carbocycles. The Labute approximate surface area is 132 Å². The lowest BCUT2D eigenvalue weighted by Crippen LogP contribution is -2.40. The van der Waals surface area contributed by atoms with Crippen molar-refractivity contribution in [2.24, 2.45) is 5.92 Å². The molecule has 2 rings (SSSR count). The van der Waals surface area contributed by atoms with Crippen molar-refractivity contribution in [1.82, 2.24) is 10.2 Å². The van der Waals surface area contributed by atoms with Gasteiger partial charge in [-0.2, -0.15) is 0 Å². The smallest absolute Gasteiger partial charge is 0.0242 e. The fraction of sp³-hybridized carbons (Fsp3) is 0.647. The van der Waals surface area contributed by atoms with Crippen LogP contribution in [0.5, 0.6) is 0 Å². The van der Waals surface area contributed by atoms with Crippen LogP contribution < -0.4 is 5.32 Å². The standard InChI is InChI=1S/C17H27BrN2/c1-14-7-3-6-10-17(14)19-11-12-20(2)13-15-8-4-5-9-16(15)18/h4-5,8-9,14,17,19H,3,6-7,10-13H2,1-2H3. The van der Waals surface area contributed by atoms with Crippen LogP contribution in [0.4, 0.5) is 0 Å². The molecule has 1 aromatic rings. The van der Waals surface area contributed by atoms with Crippen LogP contribution in [0.2, 0.25) is 0 Å². The third-order valence-corrected chi connectivity index (χ3v) is 5.18. The summed E-state index contributed by atoms with van der Waals surface area (Å²) in [5, 5.41) is 3.75. The van der Waals surface area contributed by atoms with Gasteiger partial charge >= 0.3 is 0 Å². The topological polar surface area (TPSA) is 15.3 Å². The van der Waals surface area contributed by atoms with E-state index in [0.29, 0.717) is 0 Å². The first-order valence-corrected chi connectivity index (χ1v) is 8.61. The average molecular weight is 339 g/mol. The molecule has 2 atom stereocenters. The van der Waals surface area contributed by atoms with E-state index in [4.69, 9.17) is 0 Å². The molecule has 0 spiro atoms. The molecule has 1 aliphatic rings. The molecule has 2 unspecified atom stereocenters. The van der Waals surface area contributed by atoms with Crippen LogP contribution >= 0.6 is 15.9 Å². The minimum absolute atomic E-state index is 0.737. The van der Waals surface area contributed by atoms with Gasteiger partial charge in [-0.05, 0) is 37.4 Å². The second kappa shape index (κ2) is 8.16. The van der Waals surface area contributed by atoms with Crippen molar-refractivity contribution >= 4 is 15.9 Å². The highest BCUT2D eigenvalue weighted by Crippen LogP contribution is 2.23. The summed E-state index contributed by atoms with van der Waals surface area (Å²) in [6, 6.07) is 9.22. The monoisotopic (exact) mass is 338 g/mol. The van der Waals surface area contributed by atoms with Gasteiger partial charge in [0.25, 0.3) is 0 Å². The zero-order chi connectivity index (χ0) is 14.4. The summed E-state index contributed by atoms with van der Waals surface area (Å²) >= 11 is 3.62. The van der Waals surface area contributed by atoms with Crippen molar-refractivity contribution in [2.45, 2.75) is 45.2 Å². The summed E-state index contributed by atoms with van der Waals surface area (Å²) < 4.78 is 1.21. The predicted octanol–water partition coefficient (Wildman–Crippen LogP) is 4.05. The Morgan fingerprint density at radius 2 is 2.00 bits per heavy atom. The highest BCUT2D eigenvalue weighted by molar-refractivity contribution is 9.10. The molecule has 0 aromatic heterocycles. The second-order valence-corrected chi connectivity index (χ2v) is 7.01. The van der Waals surface area contributed by atoms with Gasteiger partial charge in [-0.3, -0.25) is 0 Å². The fourth-order valence-electron chi connectivity index (χ4n) is 3.06. The zero-order valence-corrected chi connectivity index (χ0v) is 14.3. The summed E-state index contributed by atoms with van der Waals surface area (Å²) in [4.78, 5) is 2.39. The maximum Gasteiger partial charge on any atom is 0.0242 e. The highest BCUT2D eigenvalue weighted by Gasteiger charge is 2.20. The molecule has 0 bridgehead atoms. The summed E-state index contributed by atoms with van der Waals surface area (Å²) in [6.45, 7) is 5.59. The average Bonchev–Trinajstić information content (AvgIpc) is 2.43. The van der Waals surface area contributed by atoms with Gasteiger partial charge in [0.05, 0.1) is 0 Å². The Morgan fingerprint density at radius 1 is 1.25 bits per heavy atom. The first-order valence-electron chi connectivity index (χ1n) is 7.82. The van der Waals surface area contributed by atoms with E-state index in [-0.39, 0.29) is 0 Å². The lowest BCUT2D eigenvalue weighted by Gasteiger charge is -2.30. The van der Waals surface area contributed by atoms with Gasteiger partial charge in [-0.15, -0.1) is 0 Å². The van der Waals surface area contributed by atoms with E-state index in [1.165, 1.54) is 35.7 Å². The summed E-state index contributed by atoms with van der Waals surface area (Å²) in [5.41, 5.74) is 1.36. The van der Waals surface area contributed by atoms with Crippen LogP contribution in [-0.2, 0) is 6.54 Å². The third kappa shape index (κ3) is 4.87. The van der Waals surface area contributed by atoms with Crippen molar-refractivity contribution in [3.05, 3.63) is 34.3 Å². The number of nitrogens with zero attached hydrogens (tertiary/aromatic N) is 1. The number of hydrogen-bond donors (Lipinski definition) is 1. The maximum absolute atomic E-state index is 3.75. The lowest BCUT2D eigenvalue weighted by molar-refractivity contribution is 0.258. The summed E-state index contributed by atoms with van der Waals surface area (Å²) in [7, 11) is 2.20. The Bertz CT molecular complexity index is 408. The number of halogens is 1. The largest absolute Gasteiger partial charge is 0.312 e. The predicted molar refractivity (Wildman–Crippen MR) is 89.9 cm³/mol. The molecular weight excluding hydrogens is 312 g/mol. The van der Waals surface area contributed by atoms with Gasteiger partial charge in [-0.25, -0.2) is 0 Å². The van der Waals surface area contributed by atoms with Crippen LogP contribution in [-0.4, -0.2) is 31.1 Å². The zero-order valence-electron chi connectivity index (χ0n) is 12.7. The Hall–Kier alpha value is -0.380. The normalized spacial score (nSPS) is 23.2. The van der Waals surface area contributed by atoms with Crippen molar-refractivity contribution in [1.29, 1.82) is 0 Å². The molecule has 0 amide bonds. The highest BCUT2D eigenvalue weighted by atomic mass is 79.9. The SMILES string of the molecule is CC1CCCCC1NCCN(C)Cc1ccccc1Br. The van der Waals surface area contributed by atoms with Gasteiger partial charge in [0.2, 0.25) is 0 Å². The second-order valence-electron chi connectivity index (χ2n) is 6.15. The number of rotatable bonds is 6. The molecule has 0 radical (unpaired) electrons. The van der Waals surface area contributed by atoms with E-state index < -0.39 is 0 Å². The number of hydrogen-bond acceptors (Lipinski definition) is 2. The molecule has 0 saturated heterocycles. The Morgan fingerprint density at radius 3 is 2.75 bits per heavy atom. The van der Waals surface area contributed by atoms with Crippen molar-refractivity contribution in [3.8, 4) is 0 Å². The van der Waals surface area contributed by atoms with Crippen LogP contribution in [0.3, 0.4) is 0 Å². The van der Waals surface area contributed by atoms with Crippen LogP contribution in [0.15, 0.2) is 28.7 Å². The Balaban J connectivity index is 1.70. The van der Waals surface area contributed by atoms with Gasteiger partial charge in [0.1, 0.15) is 0 Å². The molecule has 2 nitrogen and oxygen atoms in total. The number of nitrogens with one attached hydrogen (secondary N) is 1. The van der Waals surface area contributed by atoms with Crippen LogP contribution in [0.1, 0.15) is 38.2 Å². The van der Waals surface area contributed by atoms with Crippen LogP contribution in [0.25, 0.3) is 0 Å². The lowest BCUT2D eigenvalue weighted by atomic mass is 9.86. The third-order valence-electron chi connectivity index (χ3n) is 4.41. The minimum atomic E-state index is 0.737. The maximum atomic E-state index is 3.75. The Kier molecular flexibility index (Phi) is 6.53. The van der Waals surface area contributed by atoms with E-state index in [1.807, 2.05) is 0 Å². The van der Waals surface area contributed by atoms with Gasteiger partial charge in [-0.1, -0.05) is 53.9 Å². The quantitative estimate of drug-likeness (QED) is 0.841. The van der Waals surface area contributed by atoms with E-state index in [9.17, 15) is 0 Å².